The summed E-state index contributed by atoms with van der Waals surface area (Å²) in [6, 6.07) is 0.969. The van der Waals surface area contributed by atoms with E-state index in [0.29, 0.717) is 18.2 Å². The third kappa shape index (κ3) is 2.28. The van der Waals surface area contributed by atoms with Crippen LogP contribution in [0.4, 0.5) is 0 Å². The Kier molecular flexibility index (Phi) is 3.30. The van der Waals surface area contributed by atoms with Crippen LogP contribution in [0.1, 0.15) is 37.1 Å². The van der Waals surface area contributed by atoms with Gasteiger partial charge in [0.1, 0.15) is 0 Å². The van der Waals surface area contributed by atoms with Crippen molar-refractivity contribution in [3.8, 4) is 0 Å². The molecule has 4 nitrogen and oxygen atoms in total. The molecule has 0 spiro atoms. The number of hydrogen-bond acceptors (Lipinski definition) is 3. The Hall–Kier alpha value is -0.870. The summed E-state index contributed by atoms with van der Waals surface area (Å²) in [5.74, 6) is 0. The van der Waals surface area contributed by atoms with E-state index in [4.69, 9.17) is 4.74 Å². The van der Waals surface area contributed by atoms with Crippen LogP contribution < -0.4 is 5.32 Å². The van der Waals surface area contributed by atoms with E-state index >= 15 is 0 Å². The molecule has 0 aromatic carbocycles. The molecule has 16 heavy (non-hydrogen) atoms. The lowest BCUT2D eigenvalue weighted by atomic mass is 9.88. The molecule has 1 fully saturated rings. The zero-order valence-electron chi connectivity index (χ0n) is 10.5. The van der Waals surface area contributed by atoms with Crippen molar-refractivity contribution in [2.24, 2.45) is 7.05 Å². The van der Waals surface area contributed by atoms with Gasteiger partial charge in [0.2, 0.25) is 0 Å². The lowest BCUT2D eigenvalue weighted by Crippen LogP contribution is -2.45. The molecule has 1 saturated carbocycles. The van der Waals surface area contributed by atoms with Crippen LogP contribution in [-0.2, 0) is 11.8 Å². The van der Waals surface area contributed by atoms with Crippen molar-refractivity contribution in [2.75, 3.05) is 7.11 Å². The van der Waals surface area contributed by atoms with E-state index in [-0.39, 0.29) is 0 Å². The number of hydrogen-bond donors (Lipinski definition) is 1. The molecular formula is C12H21N3O. The second-order valence-electron chi connectivity index (χ2n) is 4.76. The van der Waals surface area contributed by atoms with E-state index in [9.17, 15) is 0 Å². The minimum atomic E-state index is 0.372. The number of nitrogens with zero attached hydrogens (tertiary/aromatic N) is 2. The Morgan fingerprint density at radius 2 is 2.25 bits per heavy atom. The van der Waals surface area contributed by atoms with Crippen LogP contribution in [-0.4, -0.2) is 29.0 Å². The smallest absolute Gasteiger partial charge is 0.0641 e. The van der Waals surface area contributed by atoms with Gasteiger partial charge in [-0.05, 0) is 26.7 Å². The van der Waals surface area contributed by atoms with Crippen LogP contribution in [0.3, 0.4) is 0 Å². The first-order chi connectivity index (χ1) is 7.60. The summed E-state index contributed by atoms with van der Waals surface area (Å²) >= 11 is 0. The zero-order chi connectivity index (χ0) is 11.7. The van der Waals surface area contributed by atoms with Gasteiger partial charge in [-0.25, -0.2) is 0 Å². The molecule has 0 aliphatic heterocycles. The Morgan fingerprint density at radius 1 is 1.56 bits per heavy atom. The summed E-state index contributed by atoms with van der Waals surface area (Å²) in [5, 5.41) is 7.98. The van der Waals surface area contributed by atoms with Gasteiger partial charge in [-0.1, -0.05) is 0 Å². The molecule has 1 aliphatic rings. The summed E-state index contributed by atoms with van der Waals surface area (Å²) in [6.07, 6.45) is 4.81. The van der Waals surface area contributed by atoms with Gasteiger partial charge < -0.3 is 10.1 Å². The molecule has 1 aliphatic carbocycles. The molecule has 0 saturated heterocycles. The minimum absolute atomic E-state index is 0.372. The average Bonchev–Trinajstić information content (AvgIpc) is 2.50. The second-order valence-corrected chi connectivity index (χ2v) is 4.76. The van der Waals surface area contributed by atoms with Crippen LogP contribution in [0.15, 0.2) is 6.20 Å². The number of rotatable bonds is 4. The molecular weight excluding hydrogens is 202 g/mol. The van der Waals surface area contributed by atoms with E-state index in [1.54, 1.807) is 7.11 Å². The predicted molar refractivity (Wildman–Crippen MR) is 63.3 cm³/mol. The molecule has 0 amide bonds. The largest absolute Gasteiger partial charge is 0.381 e. The maximum absolute atomic E-state index is 5.28. The third-order valence-corrected chi connectivity index (χ3v) is 3.43. The molecule has 1 heterocycles. The van der Waals surface area contributed by atoms with Crippen molar-refractivity contribution in [3.05, 3.63) is 17.5 Å². The fraction of sp³-hybridized carbons (Fsp3) is 0.750. The van der Waals surface area contributed by atoms with Gasteiger partial charge in [-0.15, -0.1) is 0 Å². The van der Waals surface area contributed by atoms with Crippen molar-refractivity contribution in [1.82, 2.24) is 15.1 Å². The number of nitrogens with one attached hydrogen (secondary N) is 1. The normalized spacial score (nSPS) is 26.5. The van der Waals surface area contributed by atoms with Gasteiger partial charge in [0.15, 0.2) is 0 Å². The average molecular weight is 223 g/mol. The van der Waals surface area contributed by atoms with Gasteiger partial charge in [0.05, 0.1) is 11.8 Å². The quantitative estimate of drug-likeness (QED) is 0.842. The highest BCUT2D eigenvalue weighted by molar-refractivity contribution is 5.19. The lowest BCUT2D eigenvalue weighted by molar-refractivity contribution is 0.0147. The molecule has 1 atom stereocenters. The number of aryl methyl sites for hydroxylation is 2. The Labute approximate surface area is 97.0 Å². The Balaban J connectivity index is 1.89. The molecule has 0 radical (unpaired) electrons. The Morgan fingerprint density at radius 3 is 2.75 bits per heavy atom. The molecule has 1 aromatic rings. The fourth-order valence-corrected chi connectivity index (χ4v) is 2.38. The first-order valence-corrected chi connectivity index (χ1v) is 5.89. The predicted octanol–water partition coefficient (Wildman–Crippen LogP) is 1.56. The fourth-order valence-electron chi connectivity index (χ4n) is 2.38. The van der Waals surface area contributed by atoms with Crippen molar-refractivity contribution < 1.29 is 4.74 Å². The van der Waals surface area contributed by atoms with Gasteiger partial charge in [-0.2, -0.15) is 5.10 Å². The maximum atomic E-state index is 5.28. The lowest BCUT2D eigenvalue weighted by Gasteiger charge is -2.36. The zero-order valence-corrected chi connectivity index (χ0v) is 10.5. The van der Waals surface area contributed by atoms with Gasteiger partial charge in [0, 0.05) is 38.0 Å². The van der Waals surface area contributed by atoms with E-state index in [2.05, 4.69) is 30.5 Å². The van der Waals surface area contributed by atoms with Crippen LogP contribution >= 0.6 is 0 Å². The number of methoxy groups -OCH3 is 1. The van der Waals surface area contributed by atoms with E-state index in [0.717, 1.165) is 18.5 Å². The highest BCUT2D eigenvalue weighted by Crippen LogP contribution is 2.26. The molecule has 1 aromatic heterocycles. The molecule has 1 unspecified atom stereocenters. The van der Waals surface area contributed by atoms with Crippen LogP contribution in [0.5, 0.6) is 0 Å². The number of aromatic nitrogens is 2. The van der Waals surface area contributed by atoms with Crippen molar-refractivity contribution in [3.63, 3.8) is 0 Å². The van der Waals surface area contributed by atoms with Crippen LogP contribution in [0.2, 0.25) is 0 Å². The van der Waals surface area contributed by atoms with E-state index < -0.39 is 0 Å². The number of ether oxygens (including phenoxy) is 1. The highest BCUT2D eigenvalue weighted by atomic mass is 16.5. The van der Waals surface area contributed by atoms with Crippen LogP contribution in [0.25, 0.3) is 0 Å². The topological polar surface area (TPSA) is 39.1 Å². The standard InChI is InChI=1S/C12H21N3O/c1-8(12-7-15(3)14-9(12)2)13-10-5-11(6-10)16-4/h7-8,10-11,13H,5-6H2,1-4H3. The molecule has 1 N–H and O–H groups in total. The minimum Gasteiger partial charge on any atom is -0.381 e. The van der Waals surface area contributed by atoms with Crippen molar-refractivity contribution >= 4 is 0 Å². The first kappa shape index (κ1) is 11.6. The van der Waals surface area contributed by atoms with Crippen molar-refractivity contribution in [1.29, 1.82) is 0 Å². The van der Waals surface area contributed by atoms with Crippen LogP contribution in [0, 0.1) is 6.92 Å². The SMILES string of the molecule is COC1CC(NC(C)c2cn(C)nc2C)C1. The summed E-state index contributed by atoms with van der Waals surface area (Å²) in [5.41, 5.74) is 2.41. The van der Waals surface area contributed by atoms with Gasteiger partial charge in [0.25, 0.3) is 0 Å². The third-order valence-electron chi connectivity index (χ3n) is 3.43. The summed E-state index contributed by atoms with van der Waals surface area (Å²) in [6.45, 7) is 4.26. The molecule has 90 valence electrons. The highest BCUT2D eigenvalue weighted by Gasteiger charge is 2.30. The summed E-state index contributed by atoms with van der Waals surface area (Å²) in [7, 11) is 3.75. The van der Waals surface area contributed by atoms with Crippen molar-refractivity contribution in [2.45, 2.75) is 44.9 Å². The van der Waals surface area contributed by atoms with Gasteiger partial charge >= 0.3 is 0 Å². The van der Waals surface area contributed by atoms with E-state index in [1.165, 1.54) is 5.56 Å². The van der Waals surface area contributed by atoms with Gasteiger partial charge in [-0.3, -0.25) is 4.68 Å². The molecule has 4 heteroatoms. The second kappa shape index (κ2) is 4.55. The first-order valence-electron chi connectivity index (χ1n) is 5.89. The summed E-state index contributed by atoms with van der Waals surface area (Å²) < 4.78 is 7.15. The summed E-state index contributed by atoms with van der Waals surface area (Å²) in [4.78, 5) is 0. The Bertz CT molecular complexity index is 355. The molecule has 2 rings (SSSR count). The van der Waals surface area contributed by atoms with E-state index in [1.807, 2.05) is 11.7 Å². The maximum Gasteiger partial charge on any atom is 0.0641 e. The monoisotopic (exact) mass is 223 g/mol. The molecule has 0 bridgehead atoms.